The first-order chi connectivity index (χ1) is 10.8. The lowest BCUT2D eigenvalue weighted by Gasteiger charge is -2.19. The van der Waals surface area contributed by atoms with E-state index in [9.17, 15) is 0 Å². The summed E-state index contributed by atoms with van der Waals surface area (Å²) >= 11 is 8.35. The van der Waals surface area contributed by atoms with Gasteiger partial charge in [0.2, 0.25) is 0 Å². The van der Waals surface area contributed by atoms with E-state index in [1.165, 1.54) is 16.7 Å². The first kappa shape index (κ1) is 15.2. The van der Waals surface area contributed by atoms with Gasteiger partial charge < -0.3 is 0 Å². The van der Waals surface area contributed by atoms with E-state index in [1.54, 1.807) is 0 Å². The highest BCUT2D eigenvalue weighted by Gasteiger charge is 2.17. The normalized spacial score (nSPS) is 12.0. The quantitative estimate of drug-likeness (QED) is 0.526. The van der Waals surface area contributed by atoms with Gasteiger partial charge in [0.1, 0.15) is 0 Å². The van der Waals surface area contributed by atoms with Crippen LogP contribution in [0.1, 0.15) is 21.9 Å². The van der Waals surface area contributed by atoms with Gasteiger partial charge in [0.25, 0.3) is 0 Å². The van der Waals surface area contributed by atoms with E-state index in [1.807, 2.05) is 23.9 Å². The molecule has 0 aromatic heterocycles. The fraction of sp³-hybridized carbons (Fsp3) is 0.100. The topological polar surface area (TPSA) is 0 Å². The molecule has 2 heteroatoms. The van der Waals surface area contributed by atoms with Crippen LogP contribution in [-0.2, 0) is 5.75 Å². The van der Waals surface area contributed by atoms with Crippen LogP contribution in [0.2, 0.25) is 5.02 Å². The summed E-state index contributed by atoms with van der Waals surface area (Å²) in [6.07, 6.45) is 0. The number of thioether (sulfide) groups is 1. The molecule has 3 aromatic rings. The van der Waals surface area contributed by atoms with Gasteiger partial charge in [-0.3, -0.25) is 0 Å². The van der Waals surface area contributed by atoms with E-state index in [2.05, 4.69) is 72.8 Å². The van der Waals surface area contributed by atoms with Crippen molar-refractivity contribution in [1.29, 1.82) is 0 Å². The Hall–Kier alpha value is -1.70. The van der Waals surface area contributed by atoms with Crippen molar-refractivity contribution in [2.24, 2.45) is 0 Å². The molecule has 0 amide bonds. The predicted molar refractivity (Wildman–Crippen MR) is 97.5 cm³/mol. The van der Waals surface area contributed by atoms with Gasteiger partial charge >= 0.3 is 0 Å². The highest BCUT2D eigenvalue weighted by Crippen LogP contribution is 2.40. The second kappa shape index (κ2) is 7.53. The van der Waals surface area contributed by atoms with Crippen molar-refractivity contribution in [3.05, 3.63) is 107 Å². The molecule has 0 aliphatic carbocycles. The molecule has 3 rings (SSSR count). The number of benzene rings is 3. The van der Waals surface area contributed by atoms with Gasteiger partial charge in [0, 0.05) is 10.8 Å². The maximum atomic E-state index is 6.44. The van der Waals surface area contributed by atoms with E-state index < -0.39 is 0 Å². The highest BCUT2D eigenvalue weighted by atomic mass is 35.5. The van der Waals surface area contributed by atoms with Crippen LogP contribution in [0, 0.1) is 0 Å². The second-order valence-electron chi connectivity index (χ2n) is 5.11. The minimum absolute atomic E-state index is 0.245. The molecular formula is C20H17ClS. The zero-order chi connectivity index (χ0) is 15.2. The third-order valence-corrected chi connectivity index (χ3v) is 5.25. The Morgan fingerprint density at radius 1 is 0.727 bits per heavy atom. The monoisotopic (exact) mass is 324 g/mol. The van der Waals surface area contributed by atoms with E-state index in [0.717, 1.165) is 10.8 Å². The van der Waals surface area contributed by atoms with Crippen molar-refractivity contribution in [3.8, 4) is 0 Å². The van der Waals surface area contributed by atoms with Crippen LogP contribution in [-0.4, -0.2) is 0 Å². The Labute approximate surface area is 141 Å². The summed E-state index contributed by atoms with van der Waals surface area (Å²) in [4.78, 5) is 0. The van der Waals surface area contributed by atoms with Crippen LogP contribution in [0.4, 0.5) is 0 Å². The van der Waals surface area contributed by atoms with Gasteiger partial charge in [-0.2, -0.15) is 0 Å². The van der Waals surface area contributed by atoms with Crippen molar-refractivity contribution in [3.63, 3.8) is 0 Å². The summed E-state index contributed by atoms with van der Waals surface area (Å²) in [6.45, 7) is 0. The van der Waals surface area contributed by atoms with Crippen LogP contribution < -0.4 is 0 Å². The maximum absolute atomic E-state index is 6.44. The highest BCUT2D eigenvalue weighted by molar-refractivity contribution is 7.98. The number of hydrogen-bond donors (Lipinski definition) is 0. The van der Waals surface area contributed by atoms with Gasteiger partial charge in [-0.15, -0.1) is 11.8 Å². The van der Waals surface area contributed by atoms with Crippen molar-refractivity contribution >= 4 is 23.4 Å². The summed E-state index contributed by atoms with van der Waals surface area (Å²) in [7, 11) is 0. The lowest BCUT2D eigenvalue weighted by atomic mass is 10.0. The lowest BCUT2D eigenvalue weighted by molar-refractivity contribution is 1.15. The molecule has 1 atom stereocenters. The molecule has 0 aliphatic rings. The molecule has 110 valence electrons. The van der Waals surface area contributed by atoms with Gasteiger partial charge in [0.15, 0.2) is 0 Å². The third-order valence-electron chi connectivity index (χ3n) is 3.55. The summed E-state index contributed by atoms with van der Waals surface area (Å²) in [5.74, 6) is 0.964. The molecule has 0 radical (unpaired) electrons. The maximum Gasteiger partial charge on any atom is 0.0564 e. The van der Waals surface area contributed by atoms with E-state index in [0.29, 0.717) is 0 Å². The van der Waals surface area contributed by atoms with Crippen LogP contribution in [0.25, 0.3) is 0 Å². The first-order valence-electron chi connectivity index (χ1n) is 7.29. The molecule has 0 fully saturated rings. The molecule has 0 heterocycles. The molecule has 0 nitrogen and oxygen atoms in total. The summed E-state index contributed by atoms with van der Waals surface area (Å²) in [6, 6.07) is 29.3. The predicted octanol–water partition coefficient (Wildman–Crippen LogP) is 6.36. The average molecular weight is 325 g/mol. The fourth-order valence-corrected chi connectivity index (χ4v) is 4.03. The molecule has 3 aromatic carbocycles. The molecular weight excluding hydrogens is 308 g/mol. The Morgan fingerprint density at radius 3 is 2.00 bits per heavy atom. The smallest absolute Gasteiger partial charge is 0.0564 e. The second-order valence-corrected chi connectivity index (χ2v) is 6.61. The van der Waals surface area contributed by atoms with Crippen LogP contribution >= 0.6 is 23.4 Å². The Morgan fingerprint density at radius 2 is 1.32 bits per heavy atom. The van der Waals surface area contributed by atoms with Crippen molar-refractivity contribution in [1.82, 2.24) is 0 Å². The molecule has 0 saturated heterocycles. The number of hydrogen-bond acceptors (Lipinski definition) is 1. The fourth-order valence-electron chi connectivity index (χ4n) is 2.43. The van der Waals surface area contributed by atoms with Gasteiger partial charge in [-0.1, -0.05) is 90.5 Å². The van der Waals surface area contributed by atoms with E-state index >= 15 is 0 Å². The molecule has 0 saturated carbocycles. The minimum Gasteiger partial charge on any atom is -0.144 e. The Kier molecular flexibility index (Phi) is 5.20. The Bertz CT molecular complexity index is 710. The lowest BCUT2D eigenvalue weighted by Crippen LogP contribution is -1.98. The summed E-state index contributed by atoms with van der Waals surface area (Å²) in [5.41, 5.74) is 3.80. The molecule has 22 heavy (non-hydrogen) atoms. The molecule has 0 aliphatic heterocycles. The molecule has 1 unspecified atom stereocenters. The first-order valence-corrected chi connectivity index (χ1v) is 8.72. The van der Waals surface area contributed by atoms with Crippen LogP contribution in [0.3, 0.4) is 0 Å². The largest absolute Gasteiger partial charge is 0.144 e. The van der Waals surface area contributed by atoms with E-state index in [-0.39, 0.29) is 5.25 Å². The third kappa shape index (κ3) is 3.73. The SMILES string of the molecule is Clc1ccccc1C(SCc1ccccc1)c1ccccc1. The zero-order valence-electron chi connectivity index (χ0n) is 12.2. The molecule has 0 bridgehead atoms. The zero-order valence-corrected chi connectivity index (χ0v) is 13.7. The van der Waals surface area contributed by atoms with Crippen LogP contribution in [0.5, 0.6) is 0 Å². The molecule has 0 spiro atoms. The van der Waals surface area contributed by atoms with Crippen molar-refractivity contribution in [2.75, 3.05) is 0 Å². The van der Waals surface area contributed by atoms with Crippen molar-refractivity contribution in [2.45, 2.75) is 11.0 Å². The molecule has 0 N–H and O–H groups in total. The van der Waals surface area contributed by atoms with Crippen LogP contribution in [0.15, 0.2) is 84.9 Å². The van der Waals surface area contributed by atoms with E-state index in [4.69, 9.17) is 11.6 Å². The summed E-state index contributed by atoms with van der Waals surface area (Å²) in [5, 5.41) is 1.08. The van der Waals surface area contributed by atoms with Gasteiger partial charge in [0.05, 0.1) is 5.25 Å². The standard InChI is InChI=1S/C20H17ClS/c21-19-14-8-7-13-18(19)20(17-11-5-2-6-12-17)22-15-16-9-3-1-4-10-16/h1-14,20H,15H2. The number of halogens is 1. The minimum atomic E-state index is 0.245. The average Bonchev–Trinajstić information content (AvgIpc) is 2.58. The van der Waals surface area contributed by atoms with Gasteiger partial charge in [-0.05, 0) is 22.8 Å². The number of rotatable bonds is 5. The van der Waals surface area contributed by atoms with Gasteiger partial charge in [-0.25, -0.2) is 0 Å². The summed E-state index contributed by atoms with van der Waals surface area (Å²) < 4.78 is 0. The van der Waals surface area contributed by atoms with Crippen molar-refractivity contribution < 1.29 is 0 Å². The Balaban J connectivity index is 1.89.